The average molecular weight is 375 g/mol. The SMILES string of the molecule is O=C(Cc1cc2ccccc2[nH]c1=O)N1CCN(CCc2ccccc2)CC1. The summed E-state index contributed by atoms with van der Waals surface area (Å²) >= 11 is 0. The first-order valence-corrected chi connectivity index (χ1v) is 9.84. The van der Waals surface area contributed by atoms with E-state index in [4.69, 9.17) is 0 Å². The molecule has 28 heavy (non-hydrogen) atoms. The molecular formula is C23H25N3O2. The van der Waals surface area contributed by atoms with Crippen LogP contribution in [0.1, 0.15) is 11.1 Å². The minimum absolute atomic E-state index is 0.0310. The highest BCUT2D eigenvalue weighted by molar-refractivity contribution is 5.82. The Hall–Kier alpha value is -2.92. The summed E-state index contributed by atoms with van der Waals surface area (Å²) in [4.78, 5) is 32.1. The first kappa shape index (κ1) is 18.4. The molecule has 1 aliphatic rings. The number of para-hydroxylation sites is 1. The van der Waals surface area contributed by atoms with Gasteiger partial charge in [0.15, 0.2) is 0 Å². The zero-order valence-corrected chi connectivity index (χ0v) is 15.9. The molecule has 3 aromatic rings. The van der Waals surface area contributed by atoms with Crippen LogP contribution in [0.3, 0.4) is 0 Å². The van der Waals surface area contributed by atoms with Gasteiger partial charge in [-0.05, 0) is 29.5 Å². The Bertz CT molecular complexity index is 1010. The molecule has 1 aliphatic heterocycles. The number of nitrogens with one attached hydrogen (secondary N) is 1. The van der Waals surface area contributed by atoms with Gasteiger partial charge in [-0.25, -0.2) is 0 Å². The monoisotopic (exact) mass is 375 g/mol. The van der Waals surface area contributed by atoms with E-state index in [-0.39, 0.29) is 17.9 Å². The van der Waals surface area contributed by atoms with Gasteiger partial charge in [-0.2, -0.15) is 0 Å². The summed E-state index contributed by atoms with van der Waals surface area (Å²) in [6.45, 7) is 4.22. The molecule has 0 radical (unpaired) electrons. The predicted octanol–water partition coefficient (Wildman–Crippen LogP) is 2.46. The molecule has 5 nitrogen and oxygen atoms in total. The standard InChI is InChI=1S/C23H25N3O2/c27-22(17-20-16-19-8-4-5-9-21(19)24-23(20)28)26-14-12-25(13-15-26)11-10-18-6-2-1-3-7-18/h1-9,16H,10-15,17H2,(H,24,28). The third-order valence-corrected chi connectivity index (χ3v) is 5.46. The van der Waals surface area contributed by atoms with Gasteiger partial charge < -0.3 is 9.88 Å². The maximum atomic E-state index is 12.7. The Labute approximate surface area is 164 Å². The fourth-order valence-corrected chi connectivity index (χ4v) is 3.75. The lowest BCUT2D eigenvalue weighted by Gasteiger charge is -2.34. The van der Waals surface area contributed by atoms with Crippen molar-refractivity contribution in [1.82, 2.24) is 14.8 Å². The molecule has 0 unspecified atom stereocenters. The van der Waals surface area contributed by atoms with Gasteiger partial charge >= 0.3 is 0 Å². The summed E-state index contributed by atoms with van der Waals surface area (Å²) < 4.78 is 0. The highest BCUT2D eigenvalue weighted by atomic mass is 16.2. The van der Waals surface area contributed by atoms with Crippen LogP contribution in [0.2, 0.25) is 0 Å². The molecule has 1 saturated heterocycles. The third kappa shape index (κ3) is 4.31. The van der Waals surface area contributed by atoms with Gasteiger partial charge in [0.1, 0.15) is 0 Å². The van der Waals surface area contributed by atoms with E-state index in [0.29, 0.717) is 5.56 Å². The molecule has 144 valence electrons. The molecule has 0 aliphatic carbocycles. The molecule has 1 amide bonds. The zero-order valence-electron chi connectivity index (χ0n) is 15.9. The maximum absolute atomic E-state index is 12.7. The molecule has 0 bridgehead atoms. The molecule has 0 saturated carbocycles. The summed E-state index contributed by atoms with van der Waals surface area (Å²) in [7, 11) is 0. The Morgan fingerprint density at radius 2 is 1.64 bits per heavy atom. The minimum atomic E-state index is -0.173. The quantitative estimate of drug-likeness (QED) is 0.745. The van der Waals surface area contributed by atoms with Gasteiger partial charge in [0, 0.05) is 43.8 Å². The summed E-state index contributed by atoms with van der Waals surface area (Å²) in [5, 5.41) is 0.954. The predicted molar refractivity (Wildman–Crippen MR) is 111 cm³/mol. The molecule has 1 aromatic heterocycles. The van der Waals surface area contributed by atoms with Crippen molar-refractivity contribution in [3.8, 4) is 0 Å². The van der Waals surface area contributed by atoms with Gasteiger partial charge in [0.2, 0.25) is 5.91 Å². The van der Waals surface area contributed by atoms with Crippen molar-refractivity contribution < 1.29 is 4.79 Å². The van der Waals surface area contributed by atoms with Gasteiger partial charge in [-0.1, -0.05) is 48.5 Å². The molecule has 1 N–H and O–H groups in total. The van der Waals surface area contributed by atoms with E-state index in [2.05, 4.69) is 34.1 Å². The first-order valence-electron chi connectivity index (χ1n) is 9.84. The van der Waals surface area contributed by atoms with Crippen LogP contribution in [-0.2, 0) is 17.6 Å². The Kier molecular flexibility index (Phi) is 5.53. The van der Waals surface area contributed by atoms with Crippen LogP contribution >= 0.6 is 0 Å². The number of piperazine rings is 1. The molecular weight excluding hydrogens is 350 g/mol. The Morgan fingerprint density at radius 1 is 0.929 bits per heavy atom. The number of fused-ring (bicyclic) bond motifs is 1. The van der Waals surface area contributed by atoms with Crippen molar-refractivity contribution in [2.24, 2.45) is 0 Å². The highest BCUT2D eigenvalue weighted by Gasteiger charge is 2.21. The van der Waals surface area contributed by atoms with E-state index in [9.17, 15) is 9.59 Å². The van der Waals surface area contributed by atoms with E-state index >= 15 is 0 Å². The average Bonchev–Trinajstić information content (AvgIpc) is 2.74. The topological polar surface area (TPSA) is 56.4 Å². The van der Waals surface area contributed by atoms with E-state index in [1.54, 1.807) is 0 Å². The van der Waals surface area contributed by atoms with Gasteiger partial charge in [-0.15, -0.1) is 0 Å². The van der Waals surface area contributed by atoms with Crippen LogP contribution in [0, 0.1) is 0 Å². The second-order valence-electron chi connectivity index (χ2n) is 7.35. The molecule has 1 fully saturated rings. The number of rotatable bonds is 5. The molecule has 2 heterocycles. The summed E-state index contributed by atoms with van der Waals surface area (Å²) in [6, 6.07) is 20.0. The van der Waals surface area contributed by atoms with Crippen LogP contribution < -0.4 is 5.56 Å². The molecule has 4 rings (SSSR count). The second-order valence-corrected chi connectivity index (χ2v) is 7.35. The van der Waals surface area contributed by atoms with Crippen molar-refractivity contribution in [1.29, 1.82) is 0 Å². The van der Waals surface area contributed by atoms with Crippen molar-refractivity contribution in [3.63, 3.8) is 0 Å². The normalized spacial score (nSPS) is 15.1. The highest BCUT2D eigenvalue weighted by Crippen LogP contribution is 2.12. The van der Waals surface area contributed by atoms with Crippen molar-refractivity contribution >= 4 is 16.8 Å². The fraction of sp³-hybridized carbons (Fsp3) is 0.304. The smallest absolute Gasteiger partial charge is 0.252 e. The van der Waals surface area contributed by atoms with Crippen LogP contribution in [0.5, 0.6) is 0 Å². The Morgan fingerprint density at radius 3 is 2.43 bits per heavy atom. The van der Waals surface area contributed by atoms with Crippen LogP contribution in [0.25, 0.3) is 10.9 Å². The van der Waals surface area contributed by atoms with E-state index in [1.165, 1.54) is 5.56 Å². The molecule has 0 atom stereocenters. The number of aromatic nitrogens is 1. The lowest BCUT2D eigenvalue weighted by molar-refractivity contribution is -0.132. The second kappa shape index (κ2) is 8.40. The van der Waals surface area contributed by atoms with Gasteiger partial charge in [0.05, 0.1) is 6.42 Å². The van der Waals surface area contributed by atoms with E-state index < -0.39 is 0 Å². The number of benzene rings is 2. The van der Waals surface area contributed by atoms with E-state index in [1.807, 2.05) is 41.3 Å². The number of aromatic amines is 1. The number of H-pyrrole nitrogens is 1. The van der Waals surface area contributed by atoms with Crippen LogP contribution in [0.15, 0.2) is 65.5 Å². The molecule has 5 heteroatoms. The number of hydrogen-bond donors (Lipinski definition) is 1. The fourth-order valence-electron chi connectivity index (χ4n) is 3.75. The maximum Gasteiger partial charge on any atom is 0.252 e. The van der Waals surface area contributed by atoms with Crippen LogP contribution in [0.4, 0.5) is 0 Å². The van der Waals surface area contributed by atoms with E-state index in [0.717, 1.165) is 50.0 Å². The number of carbonyl (C=O) groups is 1. The number of carbonyl (C=O) groups excluding carboxylic acids is 1. The summed E-state index contributed by atoms with van der Waals surface area (Å²) in [5.74, 6) is 0.0310. The number of hydrogen-bond acceptors (Lipinski definition) is 3. The van der Waals surface area contributed by atoms with Crippen molar-refractivity contribution in [2.75, 3.05) is 32.7 Å². The minimum Gasteiger partial charge on any atom is -0.340 e. The lowest BCUT2D eigenvalue weighted by atomic mass is 10.1. The third-order valence-electron chi connectivity index (χ3n) is 5.46. The summed E-state index contributed by atoms with van der Waals surface area (Å²) in [5.41, 5.74) is 2.51. The largest absolute Gasteiger partial charge is 0.340 e. The summed E-state index contributed by atoms with van der Waals surface area (Å²) in [6.07, 6.45) is 1.19. The zero-order chi connectivity index (χ0) is 19.3. The van der Waals surface area contributed by atoms with Crippen molar-refractivity contribution in [2.45, 2.75) is 12.8 Å². The number of nitrogens with zero attached hydrogens (tertiary/aromatic N) is 2. The van der Waals surface area contributed by atoms with Gasteiger partial charge in [0.25, 0.3) is 5.56 Å². The number of pyridine rings is 1. The number of amides is 1. The Balaban J connectivity index is 1.32. The van der Waals surface area contributed by atoms with Gasteiger partial charge in [-0.3, -0.25) is 14.5 Å². The molecule has 2 aromatic carbocycles. The first-order chi connectivity index (χ1) is 13.7. The van der Waals surface area contributed by atoms with Crippen LogP contribution in [-0.4, -0.2) is 53.4 Å². The molecule has 0 spiro atoms. The van der Waals surface area contributed by atoms with Crippen molar-refractivity contribution in [3.05, 3.63) is 82.1 Å². The lowest BCUT2D eigenvalue weighted by Crippen LogP contribution is -2.49.